The lowest BCUT2D eigenvalue weighted by Gasteiger charge is -2.01. The van der Waals surface area contributed by atoms with Crippen molar-refractivity contribution in [3.05, 3.63) is 36.7 Å². The number of rotatable bonds is 2. The number of alkyl halides is 2. The molecule has 5 nitrogen and oxygen atoms in total. The molecule has 0 atom stereocenters. The molecule has 0 saturated carbocycles. The van der Waals surface area contributed by atoms with Gasteiger partial charge in [-0.15, -0.1) is 0 Å². The second-order valence-corrected chi connectivity index (χ2v) is 3.10. The zero-order valence-corrected chi connectivity index (χ0v) is 8.05. The standard InChI is InChI=1S/C6H3BrF2N2O3/c7-4-2(5(8)9)1-3(11(13)14)6(12)10-4/h1,5H,(H,10,12). The molecule has 1 aromatic heterocycles. The monoisotopic (exact) mass is 268 g/mol. The molecule has 0 aliphatic carbocycles. The third-order valence-electron chi connectivity index (χ3n) is 1.43. The van der Waals surface area contributed by atoms with Gasteiger partial charge in [0, 0.05) is 6.07 Å². The van der Waals surface area contributed by atoms with Gasteiger partial charge in [-0.05, 0) is 15.9 Å². The van der Waals surface area contributed by atoms with Crippen LogP contribution in [0.3, 0.4) is 0 Å². The van der Waals surface area contributed by atoms with Crippen LogP contribution in [0, 0.1) is 10.1 Å². The van der Waals surface area contributed by atoms with Crippen LogP contribution in [0.25, 0.3) is 0 Å². The molecule has 0 aromatic carbocycles. The highest BCUT2D eigenvalue weighted by atomic mass is 79.9. The van der Waals surface area contributed by atoms with Crippen molar-refractivity contribution in [2.45, 2.75) is 6.43 Å². The Morgan fingerprint density at radius 3 is 2.57 bits per heavy atom. The summed E-state index contributed by atoms with van der Waals surface area (Å²) in [5.41, 5.74) is -2.54. The van der Waals surface area contributed by atoms with E-state index in [-0.39, 0.29) is 4.60 Å². The fourth-order valence-electron chi connectivity index (χ4n) is 0.806. The Labute approximate surface area is 84.0 Å². The Kier molecular flexibility index (Phi) is 2.94. The third-order valence-corrected chi connectivity index (χ3v) is 2.09. The number of nitro groups is 1. The number of hydrogen-bond donors (Lipinski definition) is 1. The van der Waals surface area contributed by atoms with Crippen molar-refractivity contribution in [3.8, 4) is 0 Å². The lowest BCUT2D eigenvalue weighted by molar-refractivity contribution is -0.386. The molecule has 76 valence electrons. The fraction of sp³-hybridized carbons (Fsp3) is 0.167. The van der Waals surface area contributed by atoms with Crippen LogP contribution in [0.15, 0.2) is 15.5 Å². The summed E-state index contributed by atoms with van der Waals surface area (Å²) in [5, 5.41) is 10.2. The van der Waals surface area contributed by atoms with Gasteiger partial charge in [0.15, 0.2) is 0 Å². The van der Waals surface area contributed by atoms with Crippen molar-refractivity contribution in [2.75, 3.05) is 0 Å². The largest absolute Gasteiger partial charge is 0.334 e. The van der Waals surface area contributed by atoms with E-state index in [0.29, 0.717) is 6.07 Å². The van der Waals surface area contributed by atoms with Crippen LogP contribution in [-0.2, 0) is 0 Å². The highest BCUT2D eigenvalue weighted by Crippen LogP contribution is 2.26. The normalized spacial score (nSPS) is 10.6. The van der Waals surface area contributed by atoms with Crippen molar-refractivity contribution in [2.24, 2.45) is 0 Å². The summed E-state index contributed by atoms with van der Waals surface area (Å²) in [6.45, 7) is 0. The van der Waals surface area contributed by atoms with Crippen molar-refractivity contribution in [3.63, 3.8) is 0 Å². The van der Waals surface area contributed by atoms with Gasteiger partial charge in [0.2, 0.25) is 0 Å². The Balaban J connectivity index is 3.42. The van der Waals surface area contributed by atoms with Crippen LogP contribution in [0.4, 0.5) is 14.5 Å². The zero-order valence-electron chi connectivity index (χ0n) is 6.46. The minimum absolute atomic E-state index is 0.247. The molecule has 1 rings (SSSR count). The molecule has 1 aromatic rings. The highest BCUT2D eigenvalue weighted by molar-refractivity contribution is 9.10. The second kappa shape index (κ2) is 3.82. The van der Waals surface area contributed by atoms with Gasteiger partial charge in [-0.3, -0.25) is 14.9 Å². The van der Waals surface area contributed by atoms with E-state index in [1.54, 1.807) is 0 Å². The van der Waals surface area contributed by atoms with Gasteiger partial charge in [0.05, 0.1) is 15.1 Å². The number of pyridine rings is 1. The Morgan fingerprint density at radius 2 is 2.14 bits per heavy atom. The van der Waals surface area contributed by atoms with Crippen LogP contribution < -0.4 is 5.56 Å². The average molecular weight is 269 g/mol. The number of nitrogens with one attached hydrogen (secondary N) is 1. The average Bonchev–Trinajstić information content (AvgIpc) is 2.02. The summed E-state index contributed by atoms with van der Waals surface area (Å²) in [7, 11) is 0. The van der Waals surface area contributed by atoms with E-state index >= 15 is 0 Å². The first kappa shape index (κ1) is 10.8. The molecule has 0 unspecified atom stereocenters. The molecule has 0 spiro atoms. The van der Waals surface area contributed by atoms with E-state index < -0.39 is 28.2 Å². The first-order chi connectivity index (χ1) is 6.43. The molecular weight excluding hydrogens is 266 g/mol. The van der Waals surface area contributed by atoms with E-state index in [9.17, 15) is 23.7 Å². The van der Waals surface area contributed by atoms with Gasteiger partial charge in [-0.1, -0.05) is 0 Å². The van der Waals surface area contributed by atoms with Crippen molar-refractivity contribution < 1.29 is 13.7 Å². The molecule has 1 heterocycles. The molecule has 0 fully saturated rings. The summed E-state index contributed by atoms with van der Waals surface area (Å²) >= 11 is 2.67. The molecule has 0 bridgehead atoms. The first-order valence-electron chi connectivity index (χ1n) is 3.28. The number of hydrogen-bond acceptors (Lipinski definition) is 3. The van der Waals surface area contributed by atoms with Gasteiger partial charge >= 0.3 is 11.2 Å². The third kappa shape index (κ3) is 1.95. The van der Waals surface area contributed by atoms with E-state index in [0.717, 1.165) is 0 Å². The van der Waals surface area contributed by atoms with Crippen molar-refractivity contribution >= 4 is 21.6 Å². The summed E-state index contributed by atoms with van der Waals surface area (Å²) < 4.78 is 24.2. The predicted octanol–water partition coefficient (Wildman–Crippen LogP) is 1.98. The van der Waals surface area contributed by atoms with Crippen LogP contribution in [0.5, 0.6) is 0 Å². The van der Waals surface area contributed by atoms with Crippen LogP contribution in [0.2, 0.25) is 0 Å². The minimum Gasteiger partial charge on any atom is -0.310 e. The molecule has 1 N–H and O–H groups in total. The van der Waals surface area contributed by atoms with Gasteiger partial charge in [0.25, 0.3) is 6.43 Å². The molecule has 14 heavy (non-hydrogen) atoms. The van der Waals surface area contributed by atoms with Gasteiger partial charge in [0.1, 0.15) is 0 Å². The lowest BCUT2D eigenvalue weighted by atomic mass is 10.3. The SMILES string of the molecule is O=c1[nH]c(Br)c(C(F)F)cc1[N+](=O)[O-]. The summed E-state index contributed by atoms with van der Waals surface area (Å²) in [4.78, 5) is 22.0. The van der Waals surface area contributed by atoms with Gasteiger partial charge in [-0.25, -0.2) is 8.78 Å². The van der Waals surface area contributed by atoms with Crippen molar-refractivity contribution in [1.82, 2.24) is 4.98 Å². The first-order valence-corrected chi connectivity index (χ1v) is 4.08. The Morgan fingerprint density at radius 1 is 1.57 bits per heavy atom. The second-order valence-electron chi connectivity index (χ2n) is 2.31. The van der Waals surface area contributed by atoms with E-state index in [2.05, 4.69) is 15.9 Å². The molecule has 8 heteroatoms. The number of aromatic amines is 1. The summed E-state index contributed by atoms with van der Waals surface area (Å²) in [6, 6.07) is 0.549. The van der Waals surface area contributed by atoms with Gasteiger partial charge < -0.3 is 4.98 Å². The number of nitrogens with zero attached hydrogens (tertiary/aromatic N) is 1. The van der Waals surface area contributed by atoms with Crippen LogP contribution >= 0.6 is 15.9 Å². The number of halogens is 3. The molecule has 0 radical (unpaired) electrons. The molecule has 0 aliphatic heterocycles. The fourth-order valence-corrected chi connectivity index (χ4v) is 1.27. The van der Waals surface area contributed by atoms with Crippen LogP contribution in [0.1, 0.15) is 12.0 Å². The maximum atomic E-state index is 12.2. The molecular formula is C6H3BrF2N2O3. The maximum Gasteiger partial charge on any atom is 0.334 e. The minimum atomic E-state index is -2.89. The lowest BCUT2D eigenvalue weighted by Crippen LogP contribution is -2.13. The van der Waals surface area contributed by atoms with Crippen LogP contribution in [-0.4, -0.2) is 9.91 Å². The van der Waals surface area contributed by atoms with E-state index in [4.69, 9.17) is 0 Å². The Bertz CT molecular complexity index is 432. The number of H-pyrrole nitrogens is 1. The smallest absolute Gasteiger partial charge is 0.310 e. The summed E-state index contributed by atoms with van der Waals surface area (Å²) in [5.74, 6) is 0. The Hall–Kier alpha value is -1.31. The quantitative estimate of drug-likeness (QED) is 0.506. The maximum absolute atomic E-state index is 12.2. The highest BCUT2D eigenvalue weighted by Gasteiger charge is 2.20. The van der Waals surface area contributed by atoms with Crippen molar-refractivity contribution in [1.29, 1.82) is 0 Å². The number of aromatic nitrogens is 1. The van der Waals surface area contributed by atoms with Gasteiger partial charge in [-0.2, -0.15) is 0 Å². The van der Waals surface area contributed by atoms with E-state index in [1.807, 2.05) is 4.98 Å². The molecule has 0 saturated heterocycles. The predicted molar refractivity (Wildman–Crippen MR) is 46.4 cm³/mol. The zero-order chi connectivity index (χ0) is 10.9. The topological polar surface area (TPSA) is 76.0 Å². The van der Waals surface area contributed by atoms with E-state index in [1.165, 1.54) is 0 Å². The molecule has 0 amide bonds. The summed E-state index contributed by atoms with van der Waals surface area (Å²) in [6.07, 6.45) is -2.89. The molecule has 0 aliphatic rings.